The quantitative estimate of drug-likeness (QED) is 0.561. The second kappa shape index (κ2) is 4.61. The number of nitro groups is 1. The summed E-state index contributed by atoms with van der Waals surface area (Å²) in [6.07, 6.45) is 0.317. The molecule has 0 unspecified atom stereocenters. The summed E-state index contributed by atoms with van der Waals surface area (Å²) in [5.41, 5.74) is 0.384. The van der Waals surface area contributed by atoms with Crippen LogP contribution >= 0.6 is 0 Å². The lowest BCUT2D eigenvalue weighted by Gasteiger charge is -2.16. The number of anilines is 1. The van der Waals surface area contributed by atoms with Crippen LogP contribution in [0.25, 0.3) is 0 Å². The van der Waals surface area contributed by atoms with Crippen LogP contribution in [0, 0.1) is 28.4 Å². The first-order valence-electron chi connectivity index (χ1n) is 4.75. The number of nitrogens with zero attached hydrogens (tertiary/aromatic N) is 5. The van der Waals surface area contributed by atoms with Crippen molar-refractivity contribution in [2.45, 2.75) is 13.3 Å². The standard InChI is InChI=1S/C9H13N5O2/c1-7-8(14(15)16)9(13(3)11-7)12(2)6-4-5-10/h4,6H2,1-3H3. The molecule has 1 aromatic rings. The first kappa shape index (κ1) is 12.0. The van der Waals surface area contributed by atoms with Gasteiger partial charge in [0.1, 0.15) is 5.69 Å². The van der Waals surface area contributed by atoms with E-state index in [2.05, 4.69) is 5.10 Å². The van der Waals surface area contributed by atoms with Crippen LogP contribution < -0.4 is 4.90 Å². The zero-order valence-electron chi connectivity index (χ0n) is 9.47. The zero-order chi connectivity index (χ0) is 12.3. The molecule has 7 heteroatoms. The Kier molecular flexibility index (Phi) is 3.45. The Labute approximate surface area is 93.0 Å². The van der Waals surface area contributed by atoms with Crippen LogP contribution in [0.5, 0.6) is 0 Å². The maximum atomic E-state index is 10.9. The fraction of sp³-hybridized carbons (Fsp3) is 0.556. The van der Waals surface area contributed by atoms with Crippen molar-refractivity contribution in [2.75, 3.05) is 18.5 Å². The van der Waals surface area contributed by atoms with E-state index in [1.54, 1.807) is 25.9 Å². The Bertz CT molecular complexity index is 445. The highest BCUT2D eigenvalue weighted by molar-refractivity contribution is 5.60. The third kappa shape index (κ3) is 2.11. The maximum Gasteiger partial charge on any atom is 0.333 e. The third-order valence-corrected chi connectivity index (χ3v) is 2.26. The normalized spacial score (nSPS) is 9.88. The molecule has 0 aliphatic rings. The molecule has 7 nitrogen and oxygen atoms in total. The predicted octanol–water partition coefficient (Wildman–Crippen LogP) is 0.987. The lowest BCUT2D eigenvalue weighted by molar-refractivity contribution is -0.384. The van der Waals surface area contributed by atoms with E-state index in [-0.39, 0.29) is 5.69 Å². The molecule has 0 amide bonds. The molecule has 0 aliphatic carbocycles. The summed E-state index contributed by atoms with van der Waals surface area (Å²) in [6.45, 7) is 2.04. The third-order valence-electron chi connectivity index (χ3n) is 2.26. The Morgan fingerprint density at radius 2 is 2.31 bits per heavy atom. The molecule has 0 aromatic carbocycles. The molecule has 0 atom stereocenters. The van der Waals surface area contributed by atoms with Crippen molar-refractivity contribution in [3.8, 4) is 6.07 Å². The van der Waals surface area contributed by atoms with Gasteiger partial charge < -0.3 is 4.90 Å². The number of rotatable bonds is 4. The van der Waals surface area contributed by atoms with Gasteiger partial charge in [0.15, 0.2) is 0 Å². The van der Waals surface area contributed by atoms with Crippen LogP contribution in [0.1, 0.15) is 12.1 Å². The number of aromatic nitrogens is 2. The van der Waals surface area contributed by atoms with Crippen LogP contribution in [0.15, 0.2) is 0 Å². The van der Waals surface area contributed by atoms with E-state index in [1.807, 2.05) is 6.07 Å². The van der Waals surface area contributed by atoms with Gasteiger partial charge in [0.2, 0.25) is 5.82 Å². The van der Waals surface area contributed by atoms with E-state index in [1.165, 1.54) is 4.68 Å². The van der Waals surface area contributed by atoms with Crippen LogP contribution in [0.4, 0.5) is 11.5 Å². The van der Waals surface area contributed by atoms with E-state index in [0.29, 0.717) is 24.5 Å². The minimum absolute atomic E-state index is 0.00272. The summed E-state index contributed by atoms with van der Waals surface area (Å²) in [7, 11) is 3.36. The van der Waals surface area contributed by atoms with Crippen LogP contribution in [0.3, 0.4) is 0 Å². The molecule has 0 saturated heterocycles. The molecule has 0 aliphatic heterocycles. The fourth-order valence-electron chi connectivity index (χ4n) is 1.60. The second-order valence-electron chi connectivity index (χ2n) is 3.47. The van der Waals surface area contributed by atoms with E-state index in [4.69, 9.17) is 5.26 Å². The average Bonchev–Trinajstić information content (AvgIpc) is 2.50. The summed E-state index contributed by atoms with van der Waals surface area (Å²) in [5.74, 6) is 0.428. The lowest BCUT2D eigenvalue weighted by Crippen LogP contribution is -2.21. The number of nitriles is 1. The monoisotopic (exact) mass is 223 g/mol. The van der Waals surface area contributed by atoms with Gasteiger partial charge in [-0.15, -0.1) is 0 Å². The largest absolute Gasteiger partial charge is 0.353 e. The van der Waals surface area contributed by atoms with Crippen molar-refractivity contribution in [3.63, 3.8) is 0 Å². The van der Waals surface area contributed by atoms with Crippen molar-refractivity contribution >= 4 is 11.5 Å². The molecule has 86 valence electrons. The molecule has 0 fully saturated rings. The lowest BCUT2D eigenvalue weighted by atomic mass is 10.3. The molecule has 0 saturated carbocycles. The van der Waals surface area contributed by atoms with E-state index in [9.17, 15) is 10.1 Å². The smallest absolute Gasteiger partial charge is 0.333 e. The van der Waals surface area contributed by atoms with Gasteiger partial charge in [0.25, 0.3) is 0 Å². The van der Waals surface area contributed by atoms with E-state index in [0.717, 1.165) is 0 Å². The van der Waals surface area contributed by atoms with Crippen molar-refractivity contribution in [3.05, 3.63) is 15.8 Å². The van der Waals surface area contributed by atoms with Crippen LogP contribution in [-0.4, -0.2) is 28.3 Å². The molecule has 16 heavy (non-hydrogen) atoms. The Hall–Kier alpha value is -2.10. The molecular formula is C9H13N5O2. The molecule has 0 spiro atoms. The highest BCUT2D eigenvalue weighted by atomic mass is 16.6. The molecule has 1 rings (SSSR count). The molecular weight excluding hydrogens is 210 g/mol. The van der Waals surface area contributed by atoms with Gasteiger partial charge in [-0.05, 0) is 6.92 Å². The van der Waals surface area contributed by atoms with Crippen molar-refractivity contribution in [1.29, 1.82) is 5.26 Å². The Balaban J connectivity index is 3.12. The van der Waals surface area contributed by atoms with Crippen molar-refractivity contribution in [1.82, 2.24) is 9.78 Å². The molecule has 0 bridgehead atoms. The molecule has 0 N–H and O–H groups in total. The maximum absolute atomic E-state index is 10.9. The van der Waals surface area contributed by atoms with Crippen LogP contribution in [0.2, 0.25) is 0 Å². The predicted molar refractivity (Wildman–Crippen MR) is 58.1 cm³/mol. The number of aryl methyl sites for hydroxylation is 2. The van der Waals surface area contributed by atoms with Crippen LogP contribution in [-0.2, 0) is 7.05 Å². The SMILES string of the molecule is Cc1nn(C)c(N(C)CCC#N)c1[N+](=O)[O-]. The van der Waals surface area contributed by atoms with E-state index >= 15 is 0 Å². The van der Waals surface area contributed by atoms with Gasteiger partial charge in [0, 0.05) is 20.6 Å². The molecule has 1 heterocycles. The van der Waals surface area contributed by atoms with Crippen molar-refractivity contribution < 1.29 is 4.92 Å². The van der Waals surface area contributed by atoms with Gasteiger partial charge >= 0.3 is 5.69 Å². The highest BCUT2D eigenvalue weighted by Gasteiger charge is 2.26. The number of hydrogen-bond donors (Lipinski definition) is 0. The van der Waals surface area contributed by atoms with Crippen molar-refractivity contribution in [2.24, 2.45) is 7.05 Å². The minimum atomic E-state index is -0.444. The molecule has 1 aromatic heterocycles. The Morgan fingerprint density at radius 1 is 1.69 bits per heavy atom. The van der Waals surface area contributed by atoms with Gasteiger partial charge in [-0.1, -0.05) is 0 Å². The number of hydrogen-bond acceptors (Lipinski definition) is 5. The Morgan fingerprint density at radius 3 is 2.81 bits per heavy atom. The summed E-state index contributed by atoms with van der Waals surface area (Å²) in [4.78, 5) is 12.1. The summed E-state index contributed by atoms with van der Waals surface area (Å²) in [6, 6.07) is 2.00. The van der Waals surface area contributed by atoms with Gasteiger partial charge in [-0.25, -0.2) is 4.68 Å². The summed E-state index contributed by atoms with van der Waals surface area (Å²) in [5, 5.41) is 23.4. The minimum Gasteiger partial charge on any atom is -0.353 e. The summed E-state index contributed by atoms with van der Waals surface area (Å²) >= 11 is 0. The first-order chi connectivity index (χ1) is 7.49. The summed E-state index contributed by atoms with van der Waals surface area (Å²) < 4.78 is 1.46. The second-order valence-corrected chi connectivity index (χ2v) is 3.47. The van der Waals surface area contributed by atoms with Gasteiger partial charge in [-0.2, -0.15) is 10.4 Å². The topological polar surface area (TPSA) is 88.0 Å². The first-order valence-corrected chi connectivity index (χ1v) is 4.75. The average molecular weight is 223 g/mol. The van der Waals surface area contributed by atoms with Gasteiger partial charge in [-0.3, -0.25) is 10.1 Å². The highest BCUT2D eigenvalue weighted by Crippen LogP contribution is 2.29. The molecule has 0 radical (unpaired) electrons. The van der Waals surface area contributed by atoms with E-state index < -0.39 is 4.92 Å². The van der Waals surface area contributed by atoms with Gasteiger partial charge in [0.05, 0.1) is 17.4 Å². The zero-order valence-corrected chi connectivity index (χ0v) is 9.47. The fourth-order valence-corrected chi connectivity index (χ4v) is 1.60.